The fraction of sp³-hybridized carbons (Fsp3) is 0.288. The molecule has 2 aromatic heterocycles. The Labute approximate surface area is 406 Å². The fourth-order valence-corrected chi connectivity index (χ4v) is 8.78. The van der Waals surface area contributed by atoms with Gasteiger partial charge in [0.05, 0.1) is 0 Å². The maximum atomic E-state index is 9.31. The Balaban J connectivity index is 0.00000625. The van der Waals surface area contributed by atoms with Gasteiger partial charge in [-0.05, 0) is 115 Å². The molecule has 9 rings (SSSR count). The van der Waals surface area contributed by atoms with Gasteiger partial charge in [-0.15, -0.1) is 48.1 Å². The predicted molar refractivity (Wildman–Crippen MR) is 269 cm³/mol. The van der Waals surface area contributed by atoms with Crippen LogP contribution in [0.25, 0.3) is 38.8 Å². The van der Waals surface area contributed by atoms with Crippen LogP contribution in [0, 0.1) is 18.8 Å². The van der Waals surface area contributed by atoms with Gasteiger partial charge in [-0.3, -0.25) is 0 Å². The molecule has 6 heteroatoms. The third kappa shape index (κ3) is 8.77. The van der Waals surface area contributed by atoms with Crippen molar-refractivity contribution in [3.63, 3.8) is 0 Å². The van der Waals surface area contributed by atoms with E-state index >= 15 is 0 Å². The van der Waals surface area contributed by atoms with E-state index in [-0.39, 0.29) is 31.9 Å². The summed E-state index contributed by atoms with van der Waals surface area (Å²) >= 11 is 0. The molecular formula is C59H61N4OPt-3. The van der Waals surface area contributed by atoms with Crippen LogP contribution in [0.2, 0.25) is 0 Å². The summed E-state index contributed by atoms with van der Waals surface area (Å²) in [6, 6.07) is 48.9. The number of fused-ring (bicyclic) bond motifs is 4. The molecule has 1 aliphatic heterocycles. The minimum Gasteiger partial charge on any atom is -0.509 e. The molecule has 0 radical (unpaired) electrons. The molecule has 0 amide bonds. The molecule has 0 N–H and O–H groups in total. The van der Waals surface area contributed by atoms with Crippen molar-refractivity contribution in [1.82, 2.24) is 9.55 Å². The molecule has 6 aromatic carbocycles. The minimum atomic E-state index is -1.01. The first-order valence-corrected chi connectivity index (χ1v) is 22.4. The van der Waals surface area contributed by atoms with Gasteiger partial charge in [0.15, 0.2) is 0 Å². The number of para-hydroxylation sites is 3. The van der Waals surface area contributed by atoms with Crippen molar-refractivity contribution in [2.24, 2.45) is 0 Å². The third-order valence-corrected chi connectivity index (χ3v) is 12.4. The summed E-state index contributed by atoms with van der Waals surface area (Å²) in [6.45, 7) is 27.0. The molecule has 0 spiro atoms. The van der Waals surface area contributed by atoms with E-state index in [1.165, 1.54) is 11.1 Å². The first-order valence-electron chi connectivity index (χ1n) is 23.9. The van der Waals surface area contributed by atoms with Gasteiger partial charge in [0.1, 0.15) is 5.82 Å². The molecule has 0 saturated carbocycles. The van der Waals surface area contributed by atoms with Crippen molar-refractivity contribution in [3.05, 3.63) is 174 Å². The molecule has 65 heavy (non-hydrogen) atoms. The quantitative estimate of drug-likeness (QED) is 0.135. The Morgan fingerprint density at radius 3 is 1.86 bits per heavy atom. The van der Waals surface area contributed by atoms with Gasteiger partial charge in [0.2, 0.25) is 0 Å². The number of hydrogen-bond acceptors (Lipinski definition) is 4. The van der Waals surface area contributed by atoms with E-state index in [1.807, 2.05) is 96.1 Å². The van der Waals surface area contributed by atoms with Crippen LogP contribution in [-0.2, 0) is 31.9 Å². The van der Waals surface area contributed by atoms with Gasteiger partial charge in [0, 0.05) is 65.5 Å². The zero-order valence-corrected chi connectivity index (χ0v) is 42.0. The zero-order valence-electron chi connectivity index (χ0n) is 42.7. The molecule has 5 nitrogen and oxygen atoms in total. The van der Waals surface area contributed by atoms with Crippen LogP contribution in [0.4, 0.5) is 22.7 Å². The van der Waals surface area contributed by atoms with E-state index in [2.05, 4.69) is 141 Å². The van der Waals surface area contributed by atoms with Crippen LogP contribution in [0.1, 0.15) is 133 Å². The molecular weight excluding hydrogens is 976 g/mol. The molecule has 0 fully saturated rings. The van der Waals surface area contributed by atoms with Crippen molar-refractivity contribution in [2.75, 3.05) is 9.80 Å². The van der Waals surface area contributed by atoms with Crippen LogP contribution < -0.4 is 14.5 Å². The van der Waals surface area contributed by atoms with Crippen molar-refractivity contribution in [1.29, 1.82) is 0 Å². The van der Waals surface area contributed by atoms with E-state index in [0.717, 1.165) is 72.4 Å². The van der Waals surface area contributed by atoms with Crippen molar-refractivity contribution < 1.29 is 29.9 Å². The van der Waals surface area contributed by atoms with Crippen LogP contribution in [0.15, 0.2) is 128 Å². The Morgan fingerprint density at radius 1 is 0.615 bits per heavy atom. The second kappa shape index (κ2) is 17.6. The van der Waals surface area contributed by atoms with E-state index < -0.39 is 17.7 Å². The number of aromatic nitrogens is 2. The summed E-state index contributed by atoms with van der Waals surface area (Å²) in [5.74, 6) is -1.16. The number of anilines is 4. The maximum absolute atomic E-state index is 9.31. The van der Waals surface area contributed by atoms with Gasteiger partial charge in [0.25, 0.3) is 0 Å². The van der Waals surface area contributed by atoms with Gasteiger partial charge in [-0.25, -0.2) is 4.98 Å². The number of ether oxygens (including phenoxy) is 1. The number of rotatable bonds is 9. The van der Waals surface area contributed by atoms with Crippen molar-refractivity contribution >= 4 is 44.6 Å². The van der Waals surface area contributed by atoms with E-state index in [4.69, 9.17) is 11.1 Å². The Hall–Kier alpha value is -5.64. The SMILES string of the molecule is [2H]C(C)(C)c1cc(C([2H])(C)C)c(-c2ccnc(-n3c4[c-]c(Oc5[c-]c(N6[CH-]N(c7cc(C(C)(C)C)cc(C(C)(C)C)c7)c7ccccc76)ccc5)ccc4c4ccccc43)c2)c(C([2H])(C)C)c1.[Pt]. The average Bonchev–Trinajstić information content (AvgIpc) is 3.81. The van der Waals surface area contributed by atoms with E-state index in [9.17, 15) is 2.74 Å². The summed E-state index contributed by atoms with van der Waals surface area (Å²) in [5.41, 5.74) is 12.4. The van der Waals surface area contributed by atoms with Gasteiger partial charge in [-0.1, -0.05) is 137 Å². The Morgan fingerprint density at radius 2 is 1.23 bits per heavy atom. The largest absolute Gasteiger partial charge is 0.509 e. The van der Waals surface area contributed by atoms with Crippen LogP contribution in [0.5, 0.6) is 11.5 Å². The minimum absolute atomic E-state index is 0. The first kappa shape index (κ1) is 42.0. The fourth-order valence-electron chi connectivity index (χ4n) is 8.78. The molecule has 0 bridgehead atoms. The first-order chi connectivity index (χ1) is 31.4. The molecule has 0 atom stereocenters. The summed E-state index contributed by atoms with van der Waals surface area (Å²) < 4.78 is 36.3. The number of benzene rings is 6. The molecule has 0 unspecified atom stereocenters. The number of pyridine rings is 1. The zero-order chi connectivity index (χ0) is 48.0. The van der Waals surface area contributed by atoms with Crippen molar-refractivity contribution in [3.8, 4) is 28.4 Å². The smallest absolute Gasteiger partial charge is 0.136 e. The number of nitrogens with zero attached hydrogens (tertiary/aromatic N) is 4. The number of hydrogen-bond donors (Lipinski definition) is 0. The Kier molecular flexibility index (Phi) is 11.4. The molecule has 0 saturated heterocycles. The molecule has 3 heterocycles. The summed E-state index contributed by atoms with van der Waals surface area (Å²) in [6.07, 6.45) is 1.80. The normalized spacial score (nSPS) is 14.2. The van der Waals surface area contributed by atoms with Crippen LogP contribution in [0.3, 0.4) is 0 Å². The third-order valence-electron chi connectivity index (χ3n) is 12.4. The second-order valence-electron chi connectivity index (χ2n) is 19.9. The predicted octanol–water partition coefficient (Wildman–Crippen LogP) is 16.6. The summed E-state index contributed by atoms with van der Waals surface area (Å²) in [7, 11) is 0. The van der Waals surface area contributed by atoms with Crippen LogP contribution in [-0.4, -0.2) is 9.55 Å². The van der Waals surface area contributed by atoms with Crippen LogP contribution >= 0.6 is 0 Å². The van der Waals surface area contributed by atoms with E-state index in [1.54, 1.807) is 6.20 Å². The molecule has 8 aromatic rings. The molecule has 0 aliphatic carbocycles. The molecule has 336 valence electrons. The maximum Gasteiger partial charge on any atom is 0.136 e. The van der Waals surface area contributed by atoms with Gasteiger partial charge < -0.3 is 19.1 Å². The standard InChI is InChI=1S/C59H61N4O.Pt/c1-37(2)41-28-50(38(3)4)57(51(29-41)39(5)6)40-26-27-60-56(30-40)63-52-21-14-13-20-48(52)49-25-24-47(35-55(49)63)64-46-19-17-18-44(34-46)61-36-62(54-23-16-15-22-53(54)61)45-32-42(58(7,8)9)31-43(33-45)59(10,11)12;/h13-33,36-39H,1-12H3;/q-3;/i37D,38D,39D;. The van der Waals surface area contributed by atoms with Gasteiger partial charge in [-0.2, -0.15) is 12.1 Å². The summed E-state index contributed by atoms with van der Waals surface area (Å²) in [4.78, 5) is 9.41. The summed E-state index contributed by atoms with van der Waals surface area (Å²) in [5, 5.41) is 2.06. The van der Waals surface area contributed by atoms with Gasteiger partial charge >= 0.3 is 0 Å². The Bertz CT molecular complexity index is 3130. The average molecular weight is 1040 g/mol. The second-order valence-corrected chi connectivity index (χ2v) is 19.9. The topological polar surface area (TPSA) is 33.5 Å². The van der Waals surface area contributed by atoms with Crippen molar-refractivity contribution in [2.45, 2.75) is 112 Å². The molecule has 1 aliphatic rings. The van der Waals surface area contributed by atoms with E-state index in [0.29, 0.717) is 17.3 Å². The monoisotopic (exact) mass is 1040 g/mol.